The third-order valence-electron chi connectivity index (χ3n) is 1.89. The molecular formula is C12H28N2O3. The number of nitrogens with zero attached hydrogens (tertiary/aromatic N) is 1. The van der Waals surface area contributed by atoms with E-state index in [1.165, 1.54) is 37.3 Å². The van der Waals surface area contributed by atoms with Gasteiger partial charge in [0.1, 0.15) is 6.61 Å². The molecule has 0 aromatic heterocycles. The summed E-state index contributed by atoms with van der Waals surface area (Å²) in [6, 6.07) is 0. The van der Waals surface area contributed by atoms with Crippen molar-refractivity contribution in [3.05, 3.63) is 0 Å². The smallest absolute Gasteiger partial charge is 0.409 e. The molecule has 0 aliphatic carbocycles. The molecule has 0 unspecified atom stereocenters. The van der Waals surface area contributed by atoms with Crippen LogP contribution in [0.4, 0.5) is 4.79 Å². The van der Waals surface area contributed by atoms with Gasteiger partial charge in [0.15, 0.2) is 0 Å². The molecule has 104 valence electrons. The highest BCUT2D eigenvalue weighted by molar-refractivity contribution is 5.66. The highest BCUT2D eigenvalue weighted by Gasteiger charge is 2.01. The van der Waals surface area contributed by atoms with Crippen molar-refractivity contribution in [3.63, 3.8) is 0 Å². The Hall–Kier alpha value is -0.810. The van der Waals surface area contributed by atoms with Gasteiger partial charge in [0.2, 0.25) is 0 Å². The monoisotopic (exact) mass is 248 g/mol. The van der Waals surface area contributed by atoms with Crippen LogP contribution in [0.15, 0.2) is 0 Å². The van der Waals surface area contributed by atoms with Crippen LogP contribution in [0.1, 0.15) is 33.1 Å². The van der Waals surface area contributed by atoms with Gasteiger partial charge in [0.05, 0.1) is 6.61 Å². The molecule has 1 aliphatic rings. The molecule has 1 rings (SSSR count). The van der Waals surface area contributed by atoms with E-state index in [1.54, 1.807) is 14.1 Å². The summed E-state index contributed by atoms with van der Waals surface area (Å²) in [5.41, 5.74) is 0. The first-order valence-corrected chi connectivity index (χ1v) is 6.34. The molecular weight excluding hydrogens is 220 g/mol. The van der Waals surface area contributed by atoms with Crippen molar-refractivity contribution >= 4 is 6.09 Å². The quantitative estimate of drug-likeness (QED) is 0.776. The largest absolute Gasteiger partial charge is 0.447 e. The van der Waals surface area contributed by atoms with Gasteiger partial charge in [0, 0.05) is 14.1 Å². The number of piperidine rings is 1. The number of hydrogen-bond donors (Lipinski definition) is 2. The van der Waals surface area contributed by atoms with Crippen molar-refractivity contribution in [1.82, 2.24) is 10.2 Å². The normalized spacial score (nSPS) is 13.5. The SMILES string of the molecule is C1CCNCC1.CC.CN(C)C(=O)OCCO. The van der Waals surface area contributed by atoms with E-state index in [1.807, 2.05) is 13.8 Å². The molecule has 0 aromatic carbocycles. The standard InChI is InChI=1S/C5H11NO3.C5H11N.C2H6/c1-6(2)5(8)9-4-3-7;1-2-4-6-5-3-1;1-2/h7H,3-4H2,1-2H3;6H,1-5H2;1-2H3. The summed E-state index contributed by atoms with van der Waals surface area (Å²) in [5.74, 6) is 0. The average Bonchev–Trinajstić information content (AvgIpc) is 2.41. The number of rotatable bonds is 2. The molecule has 1 saturated heterocycles. The van der Waals surface area contributed by atoms with Crippen molar-refractivity contribution in [2.45, 2.75) is 33.1 Å². The van der Waals surface area contributed by atoms with Gasteiger partial charge in [-0.15, -0.1) is 0 Å². The molecule has 0 aromatic rings. The van der Waals surface area contributed by atoms with Crippen LogP contribution >= 0.6 is 0 Å². The summed E-state index contributed by atoms with van der Waals surface area (Å²) in [7, 11) is 3.17. The van der Waals surface area contributed by atoms with Crippen molar-refractivity contribution in [2.24, 2.45) is 0 Å². The molecule has 1 aliphatic heterocycles. The molecule has 1 heterocycles. The number of aliphatic hydroxyl groups is 1. The molecule has 0 saturated carbocycles. The Balaban J connectivity index is 0. The first-order chi connectivity index (χ1) is 8.18. The first kappa shape index (κ1) is 18.6. The van der Waals surface area contributed by atoms with Gasteiger partial charge in [-0.3, -0.25) is 0 Å². The average molecular weight is 248 g/mol. The first-order valence-electron chi connectivity index (χ1n) is 6.34. The van der Waals surface area contributed by atoms with Crippen LogP contribution in [0.5, 0.6) is 0 Å². The van der Waals surface area contributed by atoms with Crippen LogP contribution < -0.4 is 5.32 Å². The molecule has 1 amide bonds. The molecule has 1 fully saturated rings. The minimum absolute atomic E-state index is 0.0665. The van der Waals surface area contributed by atoms with Crippen molar-refractivity contribution in [1.29, 1.82) is 0 Å². The topological polar surface area (TPSA) is 61.8 Å². The summed E-state index contributed by atoms with van der Waals surface area (Å²) in [6.45, 7) is 6.44. The fourth-order valence-electron chi connectivity index (χ4n) is 1.06. The molecule has 0 spiro atoms. The van der Waals surface area contributed by atoms with Crippen LogP contribution in [0.2, 0.25) is 0 Å². The van der Waals surface area contributed by atoms with Gasteiger partial charge >= 0.3 is 6.09 Å². The molecule has 2 N–H and O–H groups in total. The fraction of sp³-hybridized carbons (Fsp3) is 0.917. The zero-order valence-corrected chi connectivity index (χ0v) is 11.7. The van der Waals surface area contributed by atoms with Crippen molar-refractivity contribution < 1.29 is 14.6 Å². The predicted molar refractivity (Wildman–Crippen MR) is 70.2 cm³/mol. The predicted octanol–water partition coefficient (Wildman–Crippen LogP) is 1.46. The number of hydrogen-bond acceptors (Lipinski definition) is 4. The highest BCUT2D eigenvalue weighted by Crippen LogP contribution is 1.96. The number of carbonyl (C=O) groups excluding carboxylic acids is 1. The summed E-state index contributed by atoms with van der Waals surface area (Å²) < 4.78 is 4.49. The van der Waals surface area contributed by atoms with E-state index in [0.29, 0.717) is 0 Å². The number of aliphatic hydroxyl groups excluding tert-OH is 1. The van der Waals surface area contributed by atoms with E-state index in [0.717, 1.165) is 0 Å². The fourth-order valence-corrected chi connectivity index (χ4v) is 1.06. The second kappa shape index (κ2) is 15.2. The maximum Gasteiger partial charge on any atom is 0.409 e. The van der Waals surface area contributed by atoms with Gasteiger partial charge in [-0.25, -0.2) is 4.79 Å². The van der Waals surface area contributed by atoms with Gasteiger partial charge in [-0.05, 0) is 25.9 Å². The third-order valence-corrected chi connectivity index (χ3v) is 1.89. The zero-order valence-electron chi connectivity index (χ0n) is 11.7. The van der Waals surface area contributed by atoms with Crippen LogP contribution in [-0.4, -0.2) is 56.5 Å². The van der Waals surface area contributed by atoms with Crippen LogP contribution in [0, 0.1) is 0 Å². The van der Waals surface area contributed by atoms with Crippen LogP contribution in [0.3, 0.4) is 0 Å². The Labute approximate surface area is 105 Å². The second-order valence-corrected chi connectivity index (χ2v) is 3.54. The highest BCUT2D eigenvalue weighted by atomic mass is 16.6. The summed E-state index contributed by atoms with van der Waals surface area (Å²) in [4.78, 5) is 11.8. The van der Waals surface area contributed by atoms with E-state index >= 15 is 0 Å². The second-order valence-electron chi connectivity index (χ2n) is 3.54. The lowest BCUT2D eigenvalue weighted by Gasteiger charge is -2.08. The molecule has 0 bridgehead atoms. The zero-order chi connectivity index (χ0) is 13.5. The Morgan fingerprint density at radius 1 is 1.24 bits per heavy atom. The maximum absolute atomic E-state index is 10.5. The number of ether oxygens (including phenoxy) is 1. The molecule has 5 heteroatoms. The van der Waals surface area contributed by atoms with E-state index in [9.17, 15) is 4.79 Å². The Kier molecular flexibility index (Phi) is 16.6. The van der Waals surface area contributed by atoms with E-state index in [4.69, 9.17) is 5.11 Å². The lowest BCUT2D eigenvalue weighted by atomic mass is 10.2. The summed E-state index contributed by atoms with van der Waals surface area (Å²) in [5, 5.41) is 11.5. The van der Waals surface area contributed by atoms with Crippen molar-refractivity contribution in [3.8, 4) is 0 Å². The Morgan fingerprint density at radius 2 is 1.76 bits per heavy atom. The molecule has 5 nitrogen and oxygen atoms in total. The number of amides is 1. The summed E-state index contributed by atoms with van der Waals surface area (Å²) >= 11 is 0. The lowest BCUT2D eigenvalue weighted by Crippen LogP contribution is -2.23. The lowest BCUT2D eigenvalue weighted by molar-refractivity contribution is 0.0969. The van der Waals surface area contributed by atoms with Gasteiger partial charge in [-0.2, -0.15) is 0 Å². The molecule has 0 radical (unpaired) electrons. The van der Waals surface area contributed by atoms with Crippen LogP contribution in [-0.2, 0) is 4.74 Å². The van der Waals surface area contributed by atoms with Gasteiger partial charge < -0.3 is 20.1 Å². The van der Waals surface area contributed by atoms with Gasteiger partial charge in [0.25, 0.3) is 0 Å². The van der Waals surface area contributed by atoms with E-state index in [2.05, 4.69) is 10.1 Å². The Morgan fingerprint density at radius 3 is 2.00 bits per heavy atom. The molecule has 17 heavy (non-hydrogen) atoms. The number of carbonyl (C=O) groups is 1. The van der Waals surface area contributed by atoms with Crippen LogP contribution in [0.25, 0.3) is 0 Å². The van der Waals surface area contributed by atoms with E-state index < -0.39 is 6.09 Å². The van der Waals surface area contributed by atoms with Crippen molar-refractivity contribution in [2.75, 3.05) is 40.4 Å². The molecule has 0 atom stereocenters. The van der Waals surface area contributed by atoms with E-state index in [-0.39, 0.29) is 13.2 Å². The Bertz CT molecular complexity index is 148. The maximum atomic E-state index is 10.5. The summed E-state index contributed by atoms with van der Waals surface area (Å²) in [6.07, 6.45) is 3.79. The number of nitrogens with one attached hydrogen (secondary N) is 1. The third kappa shape index (κ3) is 15.2. The van der Waals surface area contributed by atoms with Gasteiger partial charge in [-0.1, -0.05) is 20.3 Å². The minimum Gasteiger partial charge on any atom is -0.447 e. The minimum atomic E-state index is -0.427.